The zero-order valence-corrected chi connectivity index (χ0v) is 15.1. The molecule has 7 nitrogen and oxygen atoms in total. The lowest BCUT2D eigenvalue weighted by atomic mass is 10.3. The number of nitrogens with one attached hydrogen (secondary N) is 2. The maximum Gasteiger partial charge on any atom is 0.328 e. The maximum atomic E-state index is 12.1. The highest BCUT2D eigenvalue weighted by atomic mass is 79.9. The Kier molecular flexibility index (Phi) is 5.07. The Morgan fingerprint density at radius 2 is 2.05 bits per heavy atom. The molecule has 0 aliphatic carbocycles. The van der Waals surface area contributed by atoms with Gasteiger partial charge in [0.05, 0.1) is 9.08 Å². The van der Waals surface area contributed by atoms with E-state index in [1.807, 2.05) is 0 Å². The molecule has 1 fully saturated rings. The van der Waals surface area contributed by atoms with Gasteiger partial charge in [-0.3, -0.25) is 14.5 Å². The van der Waals surface area contributed by atoms with Crippen molar-refractivity contribution in [3.63, 3.8) is 0 Å². The number of urea groups is 1. The Hall–Kier alpha value is -1.61. The van der Waals surface area contributed by atoms with Gasteiger partial charge >= 0.3 is 6.03 Å². The van der Waals surface area contributed by atoms with Crippen LogP contribution < -0.4 is 10.6 Å². The molecule has 9 heteroatoms. The van der Waals surface area contributed by atoms with E-state index in [4.69, 9.17) is 0 Å². The Morgan fingerprint density at radius 3 is 2.55 bits per heavy atom. The predicted molar refractivity (Wildman–Crippen MR) is 87.1 cm³/mol. The largest absolute Gasteiger partial charge is 0.350 e. The first-order valence-electron chi connectivity index (χ1n) is 6.41. The highest BCUT2D eigenvalue weighted by Gasteiger charge is 2.29. The van der Waals surface area contributed by atoms with Crippen molar-refractivity contribution in [3.8, 4) is 0 Å². The molecule has 0 aromatic carbocycles. The third-order valence-electron chi connectivity index (χ3n) is 3.21. The van der Waals surface area contributed by atoms with Crippen molar-refractivity contribution in [2.45, 2.75) is 6.42 Å². The number of imide groups is 1. The van der Waals surface area contributed by atoms with Crippen LogP contribution in [0.2, 0.25) is 0 Å². The van der Waals surface area contributed by atoms with Crippen LogP contribution in [-0.2, 0) is 11.8 Å². The second-order valence-electron chi connectivity index (χ2n) is 4.68. The molecular formula is C13H14Br2N4O3. The van der Waals surface area contributed by atoms with Gasteiger partial charge in [-0.1, -0.05) is 6.08 Å². The lowest BCUT2D eigenvalue weighted by molar-refractivity contribution is -0.122. The molecule has 118 valence electrons. The normalized spacial score (nSPS) is 16.4. The number of nitrogens with zero attached hydrogens (tertiary/aromatic N) is 2. The number of hydrogen-bond donors (Lipinski definition) is 2. The minimum atomic E-state index is -0.446. The van der Waals surface area contributed by atoms with Crippen LogP contribution >= 0.6 is 31.9 Å². The standard InChI is InChI=1S/C13H14Br2N4O3/c1-18-9(6-7(14)10(18)15)11(20)16-5-3-4-8-12(21)19(2)13(22)17-8/h4,6H,3,5H2,1-2H3,(H,16,20)(H,17,22)/b8-4-. The van der Waals surface area contributed by atoms with Crippen molar-refractivity contribution in [3.05, 3.63) is 32.6 Å². The van der Waals surface area contributed by atoms with Crippen LogP contribution in [-0.4, -0.2) is 40.9 Å². The van der Waals surface area contributed by atoms with Crippen LogP contribution in [0, 0.1) is 0 Å². The first-order chi connectivity index (χ1) is 10.3. The van der Waals surface area contributed by atoms with E-state index in [1.165, 1.54) is 7.05 Å². The Morgan fingerprint density at radius 1 is 1.36 bits per heavy atom. The third-order valence-corrected chi connectivity index (χ3v) is 5.30. The molecular weight excluding hydrogens is 420 g/mol. The van der Waals surface area contributed by atoms with Crippen molar-refractivity contribution in [2.75, 3.05) is 13.6 Å². The molecule has 0 radical (unpaired) electrons. The van der Waals surface area contributed by atoms with Gasteiger partial charge in [-0.2, -0.15) is 0 Å². The monoisotopic (exact) mass is 432 g/mol. The quantitative estimate of drug-likeness (QED) is 0.431. The molecule has 2 heterocycles. The predicted octanol–water partition coefficient (Wildman–Crippen LogP) is 1.74. The summed E-state index contributed by atoms with van der Waals surface area (Å²) in [6.45, 7) is 0.357. The number of carbonyl (C=O) groups excluding carboxylic acids is 3. The van der Waals surface area contributed by atoms with E-state index in [0.29, 0.717) is 18.7 Å². The smallest absolute Gasteiger partial charge is 0.328 e. The van der Waals surface area contributed by atoms with E-state index in [-0.39, 0.29) is 17.5 Å². The summed E-state index contributed by atoms with van der Waals surface area (Å²) >= 11 is 6.70. The topological polar surface area (TPSA) is 83.4 Å². The summed E-state index contributed by atoms with van der Waals surface area (Å²) in [6, 6.07) is 1.27. The molecule has 1 aliphatic rings. The van der Waals surface area contributed by atoms with Crippen molar-refractivity contribution >= 4 is 49.7 Å². The second-order valence-corrected chi connectivity index (χ2v) is 6.29. The Balaban J connectivity index is 1.89. The van der Waals surface area contributed by atoms with Crippen LogP contribution in [0.3, 0.4) is 0 Å². The molecule has 1 saturated heterocycles. The average molecular weight is 434 g/mol. The van der Waals surface area contributed by atoms with Gasteiger partial charge in [0.15, 0.2) is 0 Å². The van der Waals surface area contributed by atoms with Crippen molar-refractivity contribution in [1.82, 2.24) is 20.1 Å². The van der Waals surface area contributed by atoms with Crippen LogP contribution in [0.25, 0.3) is 0 Å². The number of hydrogen-bond acceptors (Lipinski definition) is 3. The van der Waals surface area contributed by atoms with Gasteiger partial charge in [-0.15, -0.1) is 0 Å². The van der Waals surface area contributed by atoms with Gasteiger partial charge in [-0.05, 0) is 44.3 Å². The zero-order chi connectivity index (χ0) is 16.4. The minimum absolute atomic E-state index is 0.216. The van der Waals surface area contributed by atoms with Gasteiger partial charge in [0.25, 0.3) is 11.8 Å². The molecule has 1 aromatic rings. The molecule has 0 bridgehead atoms. The van der Waals surface area contributed by atoms with Gasteiger partial charge in [0.2, 0.25) is 0 Å². The van der Waals surface area contributed by atoms with Crippen LogP contribution in [0.1, 0.15) is 16.9 Å². The fraction of sp³-hybridized carbons (Fsp3) is 0.308. The second kappa shape index (κ2) is 6.66. The van der Waals surface area contributed by atoms with Crippen molar-refractivity contribution in [2.24, 2.45) is 7.05 Å². The number of amides is 4. The first kappa shape index (κ1) is 16.8. The highest BCUT2D eigenvalue weighted by Crippen LogP contribution is 2.26. The molecule has 2 N–H and O–H groups in total. The summed E-state index contributed by atoms with van der Waals surface area (Å²) < 4.78 is 3.29. The lowest BCUT2D eigenvalue weighted by Gasteiger charge is -2.05. The molecule has 0 saturated carbocycles. The van der Waals surface area contributed by atoms with Crippen LogP contribution in [0.15, 0.2) is 26.9 Å². The third kappa shape index (κ3) is 3.25. The fourth-order valence-electron chi connectivity index (χ4n) is 1.92. The van der Waals surface area contributed by atoms with E-state index in [0.717, 1.165) is 14.0 Å². The maximum absolute atomic E-state index is 12.1. The van der Waals surface area contributed by atoms with Gasteiger partial charge in [-0.25, -0.2) is 4.79 Å². The van der Waals surface area contributed by atoms with E-state index in [1.54, 1.807) is 23.8 Å². The van der Waals surface area contributed by atoms with Gasteiger partial charge in [0, 0.05) is 20.6 Å². The number of halogens is 2. The summed E-state index contributed by atoms with van der Waals surface area (Å²) in [5.74, 6) is -0.585. The molecule has 22 heavy (non-hydrogen) atoms. The minimum Gasteiger partial charge on any atom is -0.350 e. The van der Waals surface area contributed by atoms with Gasteiger partial charge in [0.1, 0.15) is 11.4 Å². The first-order valence-corrected chi connectivity index (χ1v) is 7.99. The van der Waals surface area contributed by atoms with Crippen molar-refractivity contribution in [1.29, 1.82) is 0 Å². The fourth-order valence-corrected chi connectivity index (χ4v) is 2.71. The van der Waals surface area contributed by atoms with Crippen molar-refractivity contribution < 1.29 is 14.4 Å². The molecule has 1 aromatic heterocycles. The average Bonchev–Trinajstić information content (AvgIpc) is 2.88. The van der Waals surface area contributed by atoms with Crippen LogP contribution in [0.5, 0.6) is 0 Å². The van der Waals surface area contributed by atoms with E-state index in [2.05, 4.69) is 42.5 Å². The molecule has 0 spiro atoms. The summed E-state index contributed by atoms with van der Waals surface area (Å²) in [4.78, 5) is 35.9. The molecule has 1 aliphatic heterocycles. The zero-order valence-electron chi connectivity index (χ0n) is 11.9. The SMILES string of the molecule is CN1C(=O)N/C(=C\CCNC(=O)c2cc(Br)c(Br)n2C)C1=O. The number of likely N-dealkylation sites (N-methyl/N-ethyl adjacent to an activating group) is 1. The molecule has 0 unspecified atom stereocenters. The van der Waals surface area contributed by atoms with Crippen LogP contribution in [0.4, 0.5) is 4.79 Å². The number of carbonyl (C=O) groups is 3. The Bertz CT molecular complexity index is 681. The molecule has 0 atom stereocenters. The highest BCUT2D eigenvalue weighted by molar-refractivity contribution is 9.13. The van der Waals surface area contributed by atoms with Gasteiger partial charge < -0.3 is 15.2 Å². The summed E-state index contributed by atoms with van der Waals surface area (Å²) in [5.41, 5.74) is 0.752. The lowest BCUT2D eigenvalue weighted by Crippen LogP contribution is -2.26. The summed E-state index contributed by atoms with van der Waals surface area (Å²) in [6.07, 6.45) is 2.04. The number of rotatable bonds is 4. The Labute approximate surface area is 144 Å². The summed E-state index contributed by atoms with van der Waals surface area (Å²) in [5, 5.41) is 5.22. The molecule has 2 rings (SSSR count). The van der Waals surface area contributed by atoms with E-state index in [9.17, 15) is 14.4 Å². The van der Waals surface area contributed by atoms with E-state index >= 15 is 0 Å². The molecule has 4 amide bonds. The summed E-state index contributed by atoms with van der Waals surface area (Å²) in [7, 11) is 3.18. The number of aromatic nitrogens is 1. The van der Waals surface area contributed by atoms with E-state index < -0.39 is 6.03 Å².